The van der Waals surface area contributed by atoms with Crippen LogP contribution in [0, 0.1) is 6.92 Å². The predicted molar refractivity (Wildman–Crippen MR) is 88.5 cm³/mol. The van der Waals surface area contributed by atoms with E-state index in [2.05, 4.69) is 27.7 Å². The molecule has 0 unspecified atom stereocenters. The summed E-state index contributed by atoms with van der Waals surface area (Å²) in [6.07, 6.45) is 0. The number of phenols is 1. The number of halogens is 1. The van der Waals surface area contributed by atoms with E-state index in [1.807, 2.05) is 19.1 Å². The number of rotatable bonds is 3. The highest BCUT2D eigenvalue weighted by Gasteiger charge is 2.27. The molecule has 0 aliphatic carbocycles. The second-order valence-electron chi connectivity index (χ2n) is 5.36. The highest BCUT2D eigenvalue weighted by Crippen LogP contribution is 2.39. The molecular weight excluding hydrogens is 304 g/mol. The van der Waals surface area contributed by atoms with Crippen LogP contribution >= 0.6 is 22.9 Å². The lowest BCUT2D eigenvalue weighted by Gasteiger charge is -2.35. The normalized spacial score (nSPS) is 17.8. The molecule has 3 rings (SSSR count). The molecule has 1 saturated heterocycles. The van der Waals surface area contributed by atoms with E-state index in [0.717, 1.165) is 37.3 Å². The lowest BCUT2D eigenvalue weighted by Crippen LogP contribution is -2.45. The van der Waals surface area contributed by atoms with Crippen molar-refractivity contribution in [2.24, 2.45) is 0 Å². The molecule has 1 aliphatic heterocycles. The Kier molecular flexibility index (Phi) is 4.50. The Morgan fingerprint density at radius 1 is 1.33 bits per heavy atom. The van der Waals surface area contributed by atoms with E-state index in [9.17, 15) is 5.11 Å². The zero-order valence-corrected chi connectivity index (χ0v) is 13.5. The zero-order chi connectivity index (χ0) is 14.8. The number of aromatic hydroxyl groups is 1. The number of hydrogen-bond donors (Lipinski definition) is 2. The number of hydrogen-bond acceptors (Lipinski definition) is 4. The first-order valence-corrected chi connectivity index (χ1v) is 8.40. The number of aryl methyl sites for hydroxylation is 1. The number of nitrogens with zero attached hydrogens (tertiary/aromatic N) is 1. The van der Waals surface area contributed by atoms with Crippen LogP contribution in [0.5, 0.6) is 5.75 Å². The van der Waals surface area contributed by atoms with Gasteiger partial charge in [-0.2, -0.15) is 0 Å². The van der Waals surface area contributed by atoms with E-state index < -0.39 is 0 Å². The van der Waals surface area contributed by atoms with Gasteiger partial charge >= 0.3 is 0 Å². The Balaban J connectivity index is 2.07. The summed E-state index contributed by atoms with van der Waals surface area (Å²) >= 11 is 7.95. The highest BCUT2D eigenvalue weighted by atomic mass is 35.5. The van der Waals surface area contributed by atoms with Gasteiger partial charge in [-0.05, 0) is 36.1 Å². The predicted octanol–water partition coefficient (Wildman–Crippen LogP) is 3.41. The summed E-state index contributed by atoms with van der Waals surface area (Å²) in [6, 6.07) is 7.97. The molecule has 1 aliphatic rings. The number of nitrogens with one attached hydrogen (secondary N) is 1. The SMILES string of the molecule is Cc1cc(Cl)cc([C@@H](c2cccs2)N2CCNCC2)c1O. The smallest absolute Gasteiger partial charge is 0.123 e. The van der Waals surface area contributed by atoms with Gasteiger partial charge in [0.2, 0.25) is 0 Å². The molecule has 1 fully saturated rings. The molecule has 1 atom stereocenters. The van der Waals surface area contributed by atoms with Crippen LogP contribution in [0.4, 0.5) is 0 Å². The number of benzene rings is 1. The Labute approximate surface area is 134 Å². The van der Waals surface area contributed by atoms with Crippen molar-refractivity contribution in [2.45, 2.75) is 13.0 Å². The maximum atomic E-state index is 10.5. The van der Waals surface area contributed by atoms with Crippen LogP contribution in [0.3, 0.4) is 0 Å². The van der Waals surface area contributed by atoms with Crippen molar-refractivity contribution < 1.29 is 5.11 Å². The Morgan fingerprint density at radius 2 is 2.10 bits per heavy atom. The van der Waals surface area contributed by atoms with E-state index in [1.54, 1.807) is 11.3 Å². The Hall–Kier alpha value is -1.07. The summed E-state index contributed by atoms with van der Waals surface area (Å²) in [5.74, 6) is 0.358. The third-order valence-corrected chi connectivity index (χ3v) is 5.06. The highest BCUT2D eigenvalue weighted by molar-refractivity contribution is 7.10. The lowest BCUT2D eigenvalue weighted by molar-refractivity contribution is 0.198. The average molecular weight is 323 g/mol. The summed E-state index contributed by atoms with van der Waals surface area (Å²) in [5, 5.41) is 16.7. The Morgan fingerprint density at radius 3 is 2.76 bits per heavy atom. The molecule has 2 aromatic rings. The van der Waals surface area contributed by atoms with E-state index >= 15 is 0 Å². The lowest BCUT2D eigenvalue weighted by atomic mass is 9.99. The molecule has 21 heavy (non-hydrogen) atoms. The van der Waals surface area contributed by atoms with E-state index in [-0.39, 0.29) is 6.04 Å². The molecule has 0 spiro atoms. The van der Waals surface area contributed by atoms with E-state index in [1.165, 1.54) is 4.88 Å². The summed E-state index contributed by atoms with van der Waals surface area (Å²) in [6.45, 7) is 5.78. The van der Waals surface area contributed by atoms with Crippen molar-refractivity contribution in [3.63, 3.8) is 0 Å². The third-order valence-electron chi connectivity index (χ3n) is 3.92. The van der Waals surface area contributed by atoms with Gasteiger partial charge in [0.15, 0.2) is 0 Å². The Bertz CT molecular complexity index is 609. The largest absolute Gasteiger partial charge is 0.507 e. The molecule has 112 valence electrons. The molecule has 0 amide bonds. The fourth-order valence-electron chi connectivity index (χ4n) is 2.89. The molecule has 5 heteroatoms. The van der Waals surface area contributed by atoms with Crippen molar-refractivity contribution in [3.05, 3.63) is 50.7 Å². The summed E-state index contributed by atoms with van der Waals surface area (Å²) in [5.41, 5.74) is 1.73. The minimum atomic E-state index is 0.0736. The van der Waals surface area contributed by atoms with Crippen molar-refractivity contribution in [3.8, 4) is 5.75 Å². The second-order valence-corrected chi connectivity index (χ2v) is 6.78. The monoisotopic (exact) mass is 322 g/mol. The van der Waals surface area contributed by atoms with Crippen molar-refractivity contribution in [1.29, 1.82) is 0 Å². The third kappa shape index (κ3) is 3.09. The second kappa shape index (κ2) is 6.36. The van der Waals surface area contributed by atoms with Gasteiger partial charge in [-0.1, -0.05) is 17.7 Å². The van der Waals surface area contributed by atoms with E-state index in [4.69, 9.17) is 11.6 Å². The topological polar surface area (TPSA) is 35.5 Å². The number of thiophene rings is 1. The van der Waals surface area contributed by atoms with Crippen LogP contribution in [0.1, 0.15) is 22.0 Å². The van der Waals surface area contributed by atoms with Gasteiger partial charge in [-0.15, -0.1) is 11.3 Å². The first-order chi connectivity index (χ1) is 10.2. The molecule has 3 nitrogen and oxygen atoms in total. The van der Waals surface area contributed by atoms with Crippen LogP contribution < -0.4 is 5.32 Å². The van der Waals surface area contributed by atoms with Crippen molar-refractivity contribution in [2.75, 3.05) is 26.2 Å². The van der Waals surface area contributed by atoms with Crippen LogP contribution in [0.2, 0.25) is 5.02 Å². The van der Waals surface area contributed by atoms with Gasteiger partial charge in [-0.3, -0.25) is 4.90 Å². The molecule has 0 bridgehead atoms. The van der Waals surface area contributed by atoms with Crippen LogP contribution in [0.15, 0.2) is 29.6 Å². The summed E-state index contributed by atoms with van der Waals surface area (Å²) < 4.78 is 0. The van der Waals surface area contributed by atoms with Crippen LogP contribution in [-0.4, -0.2) is 36.2 Å². The maximum Gasteiger partial charge on any atom is 0.123 e. The van der Waals surface area contributed by atoms with Gasteiger partial charge in [0, 0.05) is 41.6 Å². The molecular formula is C16H19ClN2OS. The molecule has 2 N–H and O–H groups in total. The zero-order valence-electron chi connectivity index (χ0n) is 12.0. The molecule has 0 radical (unpaired) electrons. The van der Waals surface area contributed by atoms with Gasteiger partial charge < -0.3 is 10.4 Å². The van der Waals surface area contributed by atoms with Crippen LogP contribution in [0.25, 0.3) is 0 Å². The van der Waals surface area contributed by atoms with E-state index in [0.29, 0.717) is 10.8 Å². The number of piperazine rings is 1. The first kappa shape index (κ1) is 14.9. The van der Waals surface area contributed by atoms with Crippen molar-refractivity contribution >= 4 is 22.9 Å². The van der Waals surface area contributed by atoms with Gasteiger partial charge in [-0.25, -0.2) is 0 Å². The maximum absolute atomic E-state index is 10.5. The molecule has 2 heterocycles. The van der Waals surface area contributed by atoms with Crippen molar-refractivity contribution in [1.82, 2.24) is 10.2 Å². The molecule has 0 saturated carbocycles. The average Bonchev–Trinajstić information content (AvgIpc) is 2.99. The van der Waals surface area contributed by atoms with Crippen LogP contribution in [-0.2, 0) is 0 Å². The first-order valence-electron chi connectivity index (χ1n) is 7.14. The fraction of sp³-hybridized carbons (Fsp3) is 0.375. The number of phenolic OH excluding ortho intramolecular Hbond substituents is 1. The van der Waals surface area contributed by atoms with Gasteiger partial charge in [0.25, 0.3) is 0 Å². The molecule has 1 aromatic carbocycles. The van der Waals surface area contributed by atoms with Gasteiger partial charge in [0.05, 0.1) is 6.04 Å². The summed E-state index contributed by atoms with van der Waals surface area (Å²) in [7, 11) is 0. The quantitative estimate of drug-likeness (QED) is 0.909. The summed E-state index contributed by atoms with van der Waals surface area (Å²) in [4.78, 5) is 3.65. The van der Waals surface area contributed by atoms with Gasteiger partial charge in [0.1, 0.15) is 5.75 Å². The molecule has 1 aromatic heterocycles. The minimum Gasteiger partial charge on any atom is -0.507 e. The fourth-order valence-corrected chi connectivity index (χ4v) is 4.04. The standard InChI is InChI=1S/C16H19ClN2OS/c1-11-9-12(17)10-13(16(11)20)15(14-3-2-8-21-14)19-6-4-18-5-7-19/h2-3,8-10,15,18,20H,4-7H2,1H3/t15-/m0/s1. The minimum absolute atomic E-state index is 0.0736.